The quantitative estimate of drug-likeness (QED) is 0.822. The zero-order valence-electron chi connectivity index (χ0n) is 12.0. The van der Waals surface area contributed by atoms with Crippen molar-refractivity contribution < 1.29 is 0 Å². The summed E-state index contributed by atoms with van der Waals surface area (Å²) in [5, 5.41) is 0. The van der Waals surface area contributed by atoms with Crippen LogP contribution in [0.4, 0.5) is 0 Å². The second kappa shape index (κ2) is 4.92. The van der Waals surface area contributed by atoms with E-state index < -0.39 is 0 Å². The van der Waals surface area contributed by atoms with Crippen LogP contribution >= 0.6 is 0 Å². The number of aromatic nitrogens is 4. The lowest BCUT2D eigenvalue weighted by atomic mass is 9.89. The Morgan fingerprint density at radius 3 is 2.55 bits per heavy atom. The molecule has 0 atom stereocenters. The molecule has 1 saturated carbocycles. The highest BCUT2D eigenvalue weighted by Crippen LogP contribution is 2.25. The van der Waals surface area contributed by atoms with Crippen LogP contribution in [0.25, 0.3) is 11.2 Å². The van der Waals surface area contributed by atoms with E-state index in [0.29, 0.717) is 17.1 Å². The average Bonchev–Trinajstić information content (AvgIpc) is 2.88. The predicted octanol–water partition coefficient (Wildman–Crippen LogP) is 1.01. The fourth-order valence-corrected chi connectivity index (χ4v) is 3.18. The van der Waals surface area contributed by atoms with E-state index in [1.807, 2.05) is 4.57 Å². The molecule has 0 bridgehead atoms. The maximum atomic E-state index is 12.3. The number of aryl methyl sites for hydroxylation is 1. The molecule has 0 aliphatic heterocycles. The Labute approximate surface area is 116 Å². The fraction of sp³-hybridized carbons (Fsp3) is 0.643. The Balaban J connectivity index is 2.09. The molecule has 0 N–H and O–H groups in total. The molecule has 0 amide bonds. The normalized spacial score (nSPS) is 16.9. The standard InChI is InChI=1S/C14H20N4O2/c1-16-12-11(13(19)17(2)14(16)20)18(9-15-12)8-10-6-4-3-5-7-10/h9-10H,3-8H2,1-2H3. The molecule has 2 aromatic heterocycles. The summed E-state index contributed by atoms with van der Waals surface area (Å²) in [6.45, 7) is 0.823. The molecule has 0 spiro atoms. The molecule has 1 aliphatic rings. The van der Waals surface area contributed by atoms with E-state index in [2.05, 4.69) is 4.98 Å². The van der Waals surface area contributed by atoms with Gasteiger partial charge in [0.25, 0.3) is 5.56 Å². The molecule has 0 radical (unpaired) electrons. The molecule has 108 valence electrons. The summed E-state index contributed by atoms with van der Waals surface area (Å²) in [6.07, 6.45) is 7.98. The zero-order valence-corrected chi connectivity index (χ0v) is 12.0. The number of nitrogens with zero attached hydrogens (tertiary/aromatic N) is 4. The first-order chi connectivity index (χ1) is 9.59. The first-order valence-electron chi connectivity index (χ1n) is 7.20. The van der Waals surface area contributed by atoms with Gasteiger partial charge >= 0.3 is 5.69 Å². The van der Waals surface area contributed by atoms with Crippen LogP contribution in [0.15, 0.2) is 15.9 Å². The van der Waals surface area contributed by atoms with Crippen LogP contribution in [0.3, 0.4) is 0 Å². The van der Waals surface area contributed by atoms with Crippen LogP contribution < -0.4 is 11.2 Å². The van der Waals surface area contributed by atoms with Crippen molar-refractivity contribution in [3.8, 4) is 0 Å². The zero-order chi connectivity index (χ0) is 14.3. The van der Waals surface area contributed by atoms with E-state index in [1.54, 1.807) is 13.4 Å². The molecule has 1 fully saturated rings. The lowest BCUT2D eigenvalue weighted by Crippen LogP contribution is -2.37. The van der Waals surface area contributed by atoms with Crippen LogP contribution in [0, 0.1) is 5.92 Å². The molecule has 2 heterocycles. The smallest absolute Gasteiger partial charge is 0.324 e. The van der Waals surface area contributed by atoms with Gasteiger partial charge in [0, 0.05) is 20.6 Å². The van der Waals surface area contributed by atoms with E-state index in [-0.39, 0.29) is 11.2 Å². The van der Waals surface area contributed by atoms with Crippen molar-refractivity contribution in [2.45, 2.75) is 38.6 Å². The molecule has 0 saturated heterocycles. The summed E-state index contributed by atoms with van der Waals surface area (Å²) in [4.78, 5) is 28.5. The van der Waals surface area contributed by atoms with Gasteiger partial charge in [0.1, 0.15) is 0 Å². The number of hydrogen-bond donors (Lipinski definition) is 0. The van der Waals surface area contributed by atoms with Gasteiger partial charge in [0.05, 0.1) is 6.33 Å². The molecule has 3 rings (SSSR count). The molecule has 20 heavy (non-hydrogen) atoms. The highest BCUT2D eigenvalue weighted by molar-refractivity contribution is 5.69. The molecule has 1 aliphatic carbocycles. The van der Waals surface area contributed by atoms with Crippen molar-refractivity contribution in [3.63, 3.8) is 0 Å². The summed E-state index contributed by atoms with van der Waals surface area (Å²) in [5.41, 5.74) is 0.441. The minimum Gasteiger partial charge on any atom is -0.324 e. The topological polar surface area (TPSA) is 61.8 Å². The van der Waals surface area contributed by atoms with Gasteiger partial charge in [0.2, 0.25) is 0 Å². The van der Waals surface area contributed by atoms with Gasteiger partial charge in [-0.05, 0) is 18.8 Å². The Kier molecular flexibility index (Phi) is 3.23. The summed E-state index contributed by atoms with van der Waals surface area (Å²) < 4.78 is 4.52. The number of rotatable bonds is 2. The van der Waals surface area contributed by atoms with Crippen molar-refractivity contribution in [2.24, 2.45) is 20.0 Å². The van der Waals surface area contributed by atoms with E-state index in [0.717, 1.165) is 11.1 Å². The highest BCUT2D eigenvalue weighted by Gasteiger charge is 2.18. The average molecular weight is 276 g/mol. The van der Waals surface area contributed by atoms with Crippen molar-refractivity contribution in [1.29, 1.82) is 0 Å². The minimum absolute atomic E-state index is 0.253. The van der Waals surface area contributed by atoms with Crippen molar-refractivity contribution in [2.75, 3.05) is 0 Å². The molecular weight excluding hydrogens is 256 g/mol. The summed E-state index contributed by atoms with van der Waals surface area (Å²) >= 11 is 0. The van der Waals surface area contributed by atoms with Gasteiger partial charge in [-0.25, -0.2) is 9.78 Å². The minimum atomic E-state index is -0.328. The first kappa shape index (κ1) is 13.1. The highest BCUT2D eigenvalue weighted by atomic mass is 16.2. The Hall–Kier alpha value is -1.85. The molecule has 2 aromatic rings. The second-order valence-electron chi connectivity index (χ2n) is 5.78. The molecule has 6 nitrogen and oxygen atoms in total. The van der Waals surface area contributed by atoms with E-state index in [9.17, 15) is 9.59 Å². The maximum Gasteiger partial charge on any atom is 0.332 e. The first-order valence-corrected chi connectivity index (χ1v) is 7.20. The van der Waals surface area contributed by atoms with Gasteiger partial charge in [0.15, 0.2) is 11.2 Å². The maximum absolute atomic E-state index is 12.3. The lowest BCUT2D eigenvalue weighted by molar-refractivity contribution is 0.322. The lowest BCUT2D eigenvalue weighted by Gasteiger charge is -2.22. The van der Waals surface area contributed by atoms with E-state index in [1.165, 1.54) is 43.7 Å². The van der Waals surface area contributed by atoms with Crippen LogP contribution in [-0.4, -0.2) is 18.7 Å². The van der Waals surface area contributed by atoms with E-state index >= 15 is 0 Å². The molecule has 6 heteroatoms. The van der Waals surface area contributed by atoms with Crippen LogP contribution in [0.2, 0.25) is 0 Å². The second-order valence-corrected chi connectivity index (χ2v) is 5.78. The monoisotopic (exact) mass is 276 g/mol. The van der Waals surface area contributed by atoms with Crippen molar-refractivity contribution in [3.05, 3.63) is 27.2 Å². The van der Waals surface area contributed by atoms with Crippen molar-refractivity contribution in [1.82, 2.24) is 18.7 Å². The third kappa shape index (κ3) is 1.99. The van der Waals surface area contributed by atoms with Crippen LogP contribution in [0.5, 0.6) is 0 Å². The Bertz CT molecular complexity index is 747. The number of imidazole rings is 1. The van der Waals surface area contributed by atoms with Gasteiger partial charge < -0.3 is 4.57 Å². The number of hydrogen-bond acceptors (Lipinski definition) is 3. The SMILES string of the molecule is Cn1c(=O)c2c(ncn2CC2CCCCC2)n(C)c1=O. The predicted molar refractivity (Wildman–Crippen MR) is 76.8 cm³/mol. The van der Waals surface area contributed by atoms with Crippen LogP contribution in [-0.2, 0) is 20.6 Å². The third-order valence-electron chi connectivity index (χ3n) is 4.40. The summed E-state index contributed by atoms with van der Waals surface area (Å²) in [6, 6.07) is 0. The van der Waals surface area contributed by atoms with Gasteiger partial charge in [-0.15, -0.1) is 0 Å². The summed E-state index contributed by atoms with van der Waals surface area (Å²) in [7, 11) is 3.17. The van der Waals surface area contributed by atoms with E-state index in [4.69, 9.17) is 0 Å². The Morgan fingerprint density at radius 2 is 1.85 bits per heavy atom. The van der Waals surface area contributed by atoms with Crippen molar-refractivity contribution >= 4 is 11.2 Å². The third-order valence-corrected chi connectivity index (χ3v) is 4.40. The van der Waals surface area contributed by atoms with Gasteiger partial charge in [-0.1, -0.05) is 19.3 Å². The fourth-order valence-electron chi connectivity index (χ4n) is 3.18. The molecule has 0 aromatic carbocycles. The number of fused-ring (bicyclic) bond motifs is 1. The van der Waals surface area contributed by atoms with Gasteiger partial charge in [-0.3, -0.25) is 13.9 Å². The molecular formula is C14H20N4O2. The Morgan fingerprint density at radius 1 is 1.15 bits per heavy atom. The molecule has 0 unspecified atom stereocenters. The largest absolute Gasteiger partial charge is 0.332 e. The summed E-state index contributed by atoms with van der Waals surface area (Å²) in [5.74, 6) is 0.614. The van der Waals surface area contributed by atoms with Gasteiger partial charge in [-0.2, -0.15) is 0 Å². The van der Waals surface area contributed by atoms with Crippen LogP contribution in [0.1, 0.15) is 32.1 Å².